The first-order valence-corrected chi connectivity index (χ1v) is 6.54. The predicted octanol–water partition coefficient (Wildman–Crippen LogP) is 2.97. The van der Waals surface area contributed by atoms with Crippen molar-refractivity contribution in [2.45, 2.75) is 40.2 Å². The molecule has 3 heteroatoms. The maximum Gasteiger partial charge on any atom is 0.128 e. The maximum atomic E-state index is 5.91. The van der Waals surface area contributed by atoms with E-state index in [1.54, 1.807) is 0 Å². The summed E-state index contributed by atoms with van der Waals surface area (Å²) in [6.07, 6.45) is 3.05. The van der Waals surface area contributed by atoms with Gasteiger partial charge in [0, 0.05) is 25.3 Å². The largest absolute Gasteiger partial charge is 0.357 e. The van der Waals surface area contributed by atoms with Crippen molar-refractivity contribution >= 4 is 5.82 Å². The molecule has 0 radical (unpaired) electrons. The quantitative estimate of drug-likeness (QED) is 0.824. The zero-order valence-electron chi connectivity index (χ0n) is 11.5. The smallest absolute Gasteiger partial charge is 0.128 e. The lowest BCUT2D eigenvalue weighted by Crippen LogP contribution is -2.29. The van der Waals surface area contributed by atoms with Crippen LogP contribution in [-0.2, 0) is 0 Å². The van der Waals surface area contributed by atoms with E-state index in [4.69, 9.17) is 5.73 Å². The Morgan fingerprint density at radius 2 is 2.06 bits per heavy atom. The van der Waals surface area contributed by atoms with Gasteiger partial charge in [0.15, 0.2) is 0 Å². The fourth-order valence-corrected chi connectivity index (χ4v) is 1.78. The molecule has 2 atom stereocenters. The Kier molecular flexibility index (Phi) is 5.42. The van der Waals surface area contributed by atoms with Gasteiger partial charge in [-0.25, -0.2) is 4.98 Å². The number of aromatic nitrogens is 1. The van der Waals surface area contributed by atoms with Crippen molar-refractivity contribution in [3.05, 3.63) is 23.9 Å². The van der Waals surface area contributed by atoms with E-state index in [9.17, 15) is 0 Å². The standard InChI is InChI=1S/C14H25N3/c1-5-11(3)10-17(6-2)14-9-13(12(4)15)7-8-16-14/h7-9,11-12H,5-6,10,15H2,1-4H3/t11?,12-/m0/s1. The Hall–Kier alpha value is -1.09. The number of hydrogen-bond donors (Lipinski definition) is 1. The van der Waals surface area contributed by atoms with E-state index >= 15 is 0 Å². The molecule has 3 nitrogen and oxygen atoms in total. The van der Waals surface area contributed by atoms with E-state index in [0.29, 0.717) is 5.92 Å². The molecule has 1 aromatic rings. The third-order valence-electron chi connectivity index (χ3n) is 3.23. The molecule has 1 rings (SSSR count). The van der Waals surface area contributed by atoms with Crippen molar-refractivity contribution in [1.29, 1.82) is 0 Å². The molecule has 0 fully saturated rings. The molecule has 1 aromatic heterocycles. The summed E-state index contributed by atoms with van der Waals surface area (Å²) in [5, 5.41) is 0. The minimum Gasteiger partial charge on any atom is -0.357 e. The average molecular weight is 235 g/mol. The summed E-state index contributed by atoms with van der Waals surface area (Å²) in [4.78, 5) is 6.77. The highest BCUT2D eigenvalue weighted by molar-refractivity contribution is 5.41. The number of hydrogen-bond acceptors (Lipinski definition) is 3. The van der Waals surface area contributed by atoms with Crippen LogP contribution in [0, 0.1) is 5.92 Å². The Bertz CT molecular complexity index is 336. The van der Waals surface area contributed by atoms with E-state index in [1.165, 1.54) is 6.42 Å². The molecular weight excluding hydrogens is 210 g/mol. The molecule has 0 saturated heterocycles. The highest BCUT2D eigenvalue weighted by atomic mass is 15.2. The highest BCUT2D eigenvalue weighted by Gasteiger charge is 2.10. The summed E-state index contributed by atoms with van der Waals surface area (Å²) < 4.78 is 0. The Morgan fingerprint density at radius 3 is 2.59 bits per heavy atom. The van der Waals surface area contributed by atoms with Gasteiger partial charge < -0.3 is 10.6 Å². The van der Waals surface area contributed by atoms with Gasteiger partial charge in [0.25, 0.3) is 0 Å². The van der Waals surface area contributed by atoms with Crippen molar-refractivity contribution in [3.8, 4) is 0 Å². The second-order valence-corrected chi connectivity index (χ2v) is 4.79. The van der Waals surface area contributed by atoms with Gasteiger partial charge in [0.2, 0.25) is 0 Å². The molecular formula is C14H25N3. The maximum absolute atomic E-state index is 5.91. The van der Waals surface area contributed by atoms with E-state index < -0.39 is 0 Å². The molecule has 0 aliphatic carbocycles. The van der Waals surface area contributed by atoms with Crippen molar-refractivity contribution in [2.75, 3.05) is 18.0 Å². The van der Waals surface area contributed by atoms with Gasteiger partial charge >= 0.3 is 0 Å². The predicted molar refractivity (Wildman–Crippen MR) is 74.2 cm³/mol. The van der Waals surface area contributed by atoms with Gasteiger partial charge in [0.05, 0.1) is 0 Å². The van der Waals surface area contributed by atoms with Crippen LogP contribution in [0.15, 0.2) is 18.3 Å². The number of anilines is 1. The highest BCUT2D eigenvalue weighted by Crippen LogP contribution is 2.18. The Balaban J connectivity index is 2.84. The van der Waals surface area contributed by atoms with Gasteiger partial charge in [0.1, 0.15) is 5.82 Å². The SMILES string of the molecule is CCC(C)CN(CC)c1cc([C@H](C)N)ccn1. The van der Waals surface area contributed by atoms with E-state index in [-0.39, 0.29) is 6.04 Å². The van der Waals surface area contributed by atoms with Gasteiger partial charge in [-0.2, -0.15) is 0 Å². The minimum atomic E-state index is 0.0686. The minimum absolute atomic E-state index is 0.0686. The van der Waals surface area contributed by atoms with Crippen LogP contribution in [0.2, 0.25) is 0 Å². The van der Waals surface area contributed by atoms with E-state index in [2.05, 4.69) is 36.7 Å². The lowest BCUT2D eigenvalue weighted by atomic mass is 10.1. The molecule has 17 heavy (non-hydrogen) atoms. The lowest BCUT2D eigenvalue weighted by Gasteiger charge is -2.25. The van der Waals surface area contributed by atoms with Crippen LogP contribution in [-0.4, -0.2) is 18.1 Å². The fraction of sp³-hybridized carbons (Fsp3) is 0.643. The first-order chi connectivity index (χ1) is 8.08. The lowest BCUT2D eigenvalue weighted by molar-refractivity contribution is 0.545. The van der Waals surface area contributed by atoms with Crippen molar-refractivity contribution < 1.29 is 0 Å². The monoisotopic (exact) mass is 235 g/mol. The van der Waals surface area contributed by atoms with Crippen LogP contribution in [0.5, 0.6) is 0 Å². The molecule has 0 aliphatic rings. The van der Waals surface area contributed by atoms with Crippen molar-refractivity contribution in [1.82, 2.24) is 4.98 Å². The number of pyridine rings is 1. The van der Waals surface area contributed by atoms with E-state index in [0.717, 1.165) is 24.5 Å². The van der Waals surface area contributed by atoms with E-state index in [1.807, 2.05) is 19.2 Å². The first-order valence-electron chi connectivity index (χ1n) is 6.54. The summed E-state index contributed by atoms with van der Waals surface area (Å²) in [5.41, 5.74) is 7.06. The Morgan fingerprint density at radius 1 is 1.35 bits per heavy atom. The molecule has 0 saturated carbocycles. The number of nitrogens with two attached hydrogens (primary N) is 1. The molecule has 1 unspecified atom stereocenters. The summed E-state index contributed by atoms with van der Waals surface area (Å²) in [7, 11) is 0. The van der Waals surface area contributed by atoms with Gasteiger partial charge in [-0.15, -0.1) is 0 Å². The third-order valence-corrected chi connectivity index (χ3v) is 3.23. The molecule has 0 aliphatic heterocycles. The second-order valence-electron chi connectivity index (χ2n) is 4.79. The van der Waals surface area contributed by atoms with Crippen LogP contribution in [0.25, 0.3) is 0 Å². The zero-order valence-corrected chi connectivity index (χ0v) is 11.5. The number of nitrogens with zero attached hydrogens (tertiary/aromatic N) is 2. The second kappa shape index (κ2) is 6.60. The summed E-state index contributed by atoms with van der Waals surface area (Å²) in [5.74, 6) is 1.73. The summed E-state index contributed by atoms with van der Waals surface area (Å²) in [6, 6.07) is 4.17. The number of rotatable bonds is 6. The van der Waals surface area contributed by atoms with Gasteiger partial charge in [-0.1, -0.05) is 20.3 Å². The molecule has 2 N–H and O–H groups in total. The fourth-order valence-electron chi connectivity index (χ4n) is 1.78. The van der Waals surface area contributed by atoms with Crippen molar-refractivity contribution in [2.24, 2.45) is 11.7 Å². The molecule has 0 bridgehead atoms. The summed E-state index contributed by atoms with van der Waals surface area (Å²) in [6.45, 7) is 10.7. The first kappa shape index (κ1) is 14.0. The zero-order chi connectivity index (χ0) is 12.8. The van der Waals surface area contributed by atoms with Gasteiger partial charge in [-0.05, 0) is 37.5 Å². The van der Waals surface area contributed by atoms with Crippen LogP contribution >= 0.6 is 0 Å². The van der Waals surface area contributed by atoms with Crippen LogP contribution in [0.3, 0.4) is 0 Å². The van der Waals surface area contributed by atoms with Crippen molar-refractivity contribution in [3.63, 3.8) is 0 Å². The van der Waals surface area contributed by atoms with Crippen LogP contribution in [0.4, 0.5) is 5.82 Å². The molecule has 0 amide bonds. The molecule has 0 spiro atoms. The Labute approximate surface area is 105 Å². The molecule has 0 aromatic carbocycles. The topological polar surface area (TPSA) is 42.1 Å². The average Bonchev–Trinajstić information content (AvgIpc) is 2.35. The normalized spacial score (nSPS) is 14.4. The van der Waals surface area contributed by atoms with Gasteiger partial charge in [-0.3, -0.25) is 0 Å². The summed E-state index contributed by atoms with van der Waals surface area (Å²) >= 11 is 0. The van der Waals surface area contributed by atoms with Crippen LogP contribution in [0.1, 0.15) is 45.7 Å². The molecule has 1 heterocycles. The third kappa shape index (κ3) is 4.00. The molecule has 96 valence electrons. The van der Waals surface area contributed by atoms with Crippen LogP contribution < -0.4 is 10.6 Å².